The van der Waals surface area contributed by atoms with Crippen LogP contribution in [0.5, 0.6) is 5.75 Å². The fraction of sp³-hybridized carbons (Fsp3) is 0.143. The van der Waals surface area contributed by atoms with E-state index in [9.17, 15) is 13.2 Å². The van der Waals surface area contributed by atoms with Crippen LogP contribution in [0.3, 0.4) is 0 Å². The van der Waals surface area contributed by atoms with Gasteiger partial charge in [0.1, 0.15) is 12.4 Å². The highest BCUT2D eigenvalue weighted by molar-refractivity contribution is 9.08. The first-order chi connectivity index (χ1) is 9.11. The van der Waals surface area contributed by atoms with E-state index in [-0.39, 0.29) is 12.2 Å². The standard InChI is InChI=1S/C14H10BrF3O/c15-7-9-5-12(17)14(13(18)6-9)19-8-10-3-1-2-4-11(10)16/h1-6H,7-8H2. The normalized spacial score (nSPS) is 10.5. The third-order valence-corrected chi connectivity index (χ3v) is 3.19. The molecule has 0 radical (unpaired) electrons. The molecule has 0 N–H and O–H groups in total. The molecule has 1 nitrogen and oxygen atoms in total. The van der Waals surface area contributed by atoms with Gasteiger partial charge in [0.25, 0.3) is 0 Å². The molecule has 0 unspecified atom stereocenters. The van der Waals surface area contributed by atoms with Crippen molar-refractivity contribution in [3.05, 3.63) is 65.0 Å². The zero-order valence-corrected chi connectivity index (χ0v) is 11.4. The Morgan fingerprint density at radius 1 is 0.947 bits per heavy atom. The van der Waals surface area contributed by atoms with Crippen LogP contribution in [0.4, 0.5) is 13.2 Å². The molecular formula is C14H10BrF3O. The minimum atomic E-state index is -0.800. The van der Waals surface area contributed by atoms with Gasteiger partial charge in [0.2, 0.25) is 0 Å². The minimum Gasteiger partial charge on any atom is -0.483 e. The maximum absolute atomic E-state index is 13.6. The fourth-order valence-electron chi connectivity index (χ4n) is 1.59. The summed E-state index contributed by atoms with van der Waals surface area (Å²) in [5.74, 6) is -2.56. The van der Waals surface area contributed by atoms with E-state index in [0.29, 0.717) is 10.9 Å². The Kier molecular flexibility index (Phi) is 4.47. The van der Waals surface area contributed by atoms with Gasteiger partial charge in [0.05, 0.1) is 0 Å². The molecular weight excluding hydrogens is 321 g/mol. The van der Waals surface area contributed by atoms with Gasteiger partial charge in [0.15, 0.2) is 17.4 Å². The fourth-order valence-corrected chi connectivity index (χ4v) is 1.92. The molecule has 0 aromatic heterocycles. The summed E-state index contributed by atoms with van der Waals surface area (Å²) in [6.07, 6.45) is 0. The largest absolute Gasteiger partial charge is 0.483 e. The SMILES string of the molecule is Fc1ccccc1COc1c(F)cc(CBr)cc1F. The van der Waals surface area contributed by atoms with Crippen LogP contribution < -0.4 is 4.74 Å². The Morgan fingerprint density at radius 3 is 2.16 bits per heavy atom. The van der Waals surface area contributed by atoms with Gasteiger partial charge < -0.3 is 4.74 Å². The number of halogens is 4. The maximum Gasteiger partial charge on any atom is 0.191 e. The predicted molar refractivity (Wildman–Crippen MR) is 69.7 cm³/mol. The van der Waals surface area contributed by atoms with E-state index >= 15 is 0 Å². The first-order valence-electron chi connectivity index (χ1n) is 5.52. The summed E-state index contributed by atoms with van der Waals surface area (Å²) in [6.45, 7) is -0.228. The van der Waals surface area contributed by atoms with Crippen LogP contribution in [0.2, 0.25) is 0 Å². The molecule has 0 aliphatic heterocycles. The Morgan fingerprint density at radius 2 is 1.58 bits per heavy atom. The van der Waals surface area contributed by atoms with Crippen LogP contribution in [0, 0.1) is 17.5 Å². The van der Waals surface area contributed by atoms with Crippen molar-refractivity contribution in [3.8, 4) is 5.75 Å². The third kappa shape index (κ3) is 3.29. The molecule has 100 valence electrons. The highest BCUT2D eigenvalue weighted by Gasteiger charge is 2.13. The molecule has 0 fully saturated rings. The molecule has 0 saturated carbocycles. The summed E-state index contributed by atoms with van der Waals surface area (Å²) in [7, 11) is 0. The first-order valence-corrected chi connectivity index (χ1v) is 6.64. The van der Waals surface area contributed by atoms with E-state index < -0.39 is 23.2 Å². The number of rotatable bonds is 4. The number of hydrogen-bond acceptors (Lipinski definition) is 1. The quantitative estimate of drug-likeness (QED) is 0.746. The molecule has 5 heteroatoms. The zero-order chi connectivity index (χ0) is 13.8. The monoisotopic (exact) mass is 330 g/mol. The van der Waals surface area contributed by atoms with Crippen LogP contribution >= 0.6 is 15.9 Å². The van der Waals surface area contributed by atoms with Gasteiger partial charge >= 0.3 is 0 Å². The average Bonchev–Trinajstić information content (AvgIpc) is 2.39. The van der Waals surface area contributed by atoms with Gasteiger partial charge in [-0.25, -0.2) is 13.2 Å². The molecule has 0 heterocycles. The van der Waals surface area contributed by atoms with Crippen molar-refractivity contribution in [2.75, 3.05) is 0 Å². The molecule has 0 spiro atoms. The van der Waals surface area contributed by atoms with Crippen LogP contribution in [0.15, 0.2) is 36.4 Å². The van der Waals surface area contributed by atoms with Crippen molar-refractivity contribution in [1.82, 2.24) is 0 Å². The van der Waals surface area contributed by atoms with E-state index in [1.54, 1.807) is 6.07 Å². The predicted octanol–water partition coefficient (Wildman–Crippen LogP) is 4.58. The second-order valence-electron chi connectivity index (χ2n) is 3.90. The summed E-state index contributed by atoms with van der Waals surface area (Å²) in [5, 5.41) is 0.342. The second kappa shape index (κ2) is 6.10. The van der Waals surface area contributed by atoms with Gasteiger partial charge in [-0.1, -0.05) is 34.1 Å². The van der Waals surface area contributed by atoms with Gasteiger partial charge in [-0.15, -0.1) is 0 Å². The van der Waals surface area contributed by atoms with E-state index in [0.717, 1.165) is 0 Å². The lowest BCUT2D eigenvalue weighted by atomic mass is 10.2. The summed E-state index contributed by atoms with van der Waals surface area (Å²) in [4.78, 5) is 0. The molecule has 0 aliphatic rings. The van der Waals surface area contributed by atoms with Crippen molar-refractivity contribution in [3.63, 3.8) is 0 Å². The van der Waals surface area contributed by atoms with Crippen LogP contribution in [0.1, 0.15) is 11.1 Å². The van der Waals surface area contributed by atoms with Crippen LogP contribution in [-0.2, 0) is 11.9 Å². The van der Waals surface area contributed by atoms with E-state index in [1.807, 2.05) is 0 Å². The lowest BCUT2D eigenvalue weighted by Gasteiger charge is -2.10. The van der Waals surface area contributed by atoms with Crippen molar-refractivity contribution < 1.29 is 17.9 Å². The van der Waals surface area contributed by atoms with E-state index in [1.165, 1.54) is 30.3 Å². The highest BCUT2D eigenvalue weighted by Crippen LogP contribution is 2.25. The van der Waals surface area contributed by atoms with Gasteiger partial charge in [0, 0.05) is 10.9 Å². The van der Waals surface area contributed by atoms with Crippen molar-refractivity contribution >= 4 is 15.9 Å². The zero-order valence-electron chi connectivity index (χ0n) is 9.80. The minimum absolute atomic E-state index is 0.228. The Bertz CT molecular complexity index is 564. The molecule has 0 bridgehead atoms. The van der Waals surface area contributed by atoms with Gasteiger partial charge in [-0.2, -0.15) is 0 Å². The van der Waals surface area contributed by atoms with Crippen molar-refractivity contribution in [2.24, 2.45) is 0 Å². The Balaban J connectivity index is 2.18. The molecule has 0 saturated heterocycles. The topological polar surface area (TPSA) is 9.23 Å². The number of hydrogen-bond donors (Lipinski definition) is 0. The van der Waals surface area contributed by atoms with Crippen molar-refractivity contribution in [2.45, 2.75) is 11.9 Å². The molecule has 2 aromatic rings. The third-order valence-electron chi connectivity index (χ3n) is 2.54. The lowest BCUT2D eigenvalue weighted by molar-refractivity contribution is 0.269. The van der Waals surface area contributed by atoms with E-state index in [2.05, 4.69) is 15.9 Å². The van der Waals surface area contributed by atoms with Gasteiger partial charge in [-0.05, 0) is 23.8 Å². The summed E-state index contributed by atoms with van der Waals surface area (Å²) >= 11 is 3.11. The van der Waals surface area contributed by atoms with Crippen molar-refractivity contribution in [1.29, 1.82) is 0 Å². The van der Waals surface area contributed by atoms with E-state index in [4.69, 9.17) is 4.74 Å². The van der Waals surface area contributed by atoms with Crippen LogP contribution in [0.25, 0.3) is 0 Å². The molecule has 0 amide bonds. The Labute approximate surface area is 117 Å². The Hall–Kier alpha value is -1.49. The number of ether oxygens (including phenoxy) is 1. The first kappa shape index (κ1) is 13.9. The smallest absolute Gasteiger partial charge is 0.191 e. The molecule has 2 rings (SSSR count). The summed E-state index contributed by atoms with van der Waals surface area (Å²) in [5.41, 5.74) is 0.708. The lowest BCUT2D eigenvalue weighted by Crippen LogP contribution is -2.02. The maximum atomic E-state index is 13.6. The number of alkyl halides is 1. The highest BCUT2D eigenvalue weighted by atomic mass is 79.9. The summed E-state index contributed by atoms with van der Waals surface area (Å²) in [6, 6.07) is 8.27. The van der Waals surface area contributed by atoms with Crippen LogP contribution in [-0.4, -0.2) is 0 Å². The molecule has 19 heavy (non-hydrogen) atoms. The number of benzene rings is 2. The summed E-state index contributed by atoms with van der Waals surface area (Å²) < 4.78 is 45.6. The molecule has 2 aromatic carbocycles. The van der Waals surface area contributed by atoms with Gasteiger partial charge in [-0.3, -0.25) is 0 Å². The molecule has 0 atom stereocenters. The molecule has 0 aliphatic carbocycles. The second-order valence-corrected chi connectivity index (χ2v) is 4.46. The average molecular weight is 331 g/mol.